The van der Waals surface area contributed by atoms with E-state index in [-0.39, 0.29) is 5.82 Å². The summed E-state index contributed by atoms with van der Waals surface area (Å²) in [5.74, 6) is 1.85. The summed E-state index contributed by atoms with van der Waals surface area (Å²) in [6.07, 6.45) is 6.82. The molecule has 0 aliphatic carbocycles. The number of allylic oxidation sites excluding steroid dienone is 2. The van der Waals surface area contributed by atoms with Gasteiger partial charge in [-0.05, 0) is 48.2 Å². The first-order chi connectivity index (χ1) is 10.3. The van der Waals surface area contributed by atoms with Crippen LogP contribution in [0.25, 0.3) is 5.57 Å². The molecule has 1 aromatic rings. The Hall–Kier alpha value is -1.75. The molecule has 0 aromatic heterocycles. The van der Waals surface area contributed by atoms with E-state index in [9.17, 15) is 4.39 Å². The summed E-state index contributed by atoms with van der Waals surface area (Å²) in [5, 5.41) is 0. The normalized spacial score (nSPS) is 17.1. The summed E-state index contributed by atoms with van der Waals surface area (Å²) in [7, 11) is 0. The monoisotopic (exact) mass is 304 g/mol. The number of rotatable bonds is 4. The van der Waals surface area contributed by atoms with Crippen molar-refractivity contribution in [1.82, 2.24) is 4.90 Å². The van der Waals surface area contributed by atoms with Gasteiger partial charge in [-0.2, -0.15) is 4.40 Å². The number of ether oxygens (including phenoxy) is 1. The summed E-state index contributed by atoms with van der Waals surface area (Å²) in [6.45, 7) is 3.45. The van der Waals surface area contributed by atoms with Crippen LogP contribution in [0.1, 0.15) is 18.9 Å². The van der Waals surface area contributed by atoms with Crippen molar-refractivity contribution in [3.63, 3.8) is 0 Å². The van der Waals surface area contributed by atoms with Crippen LogP contribution in [-0.2, 0) is 0 Å². The van der Waals surface area contributed by atoms with Crippen LogP contribution in [0.5, 0.6) is 5.75 Å². The van der Waals surface area contributed by atoms with E-state index >= 15 is 0 Å². The lowest BCUT2D eigenvalue weighted by molar-refractivity contribution is 0.301. The molecule has 3 nitrogen and oxygen atoms in total. The van der Waals surface area contributed by atoms with Gasteiger partial charge in [0.15, 0.2) is 11.6 Å². The molecule has 0 spiro atoms. The summed E-state index contributed by atoms with van der Waals surface area (Å²) in [5.41, 5.74) is 1.78. The molecule has 0 saturated carbocycles. The molecule has 0 bridgehead atoms. The molecule has 0 saturated heterocycles. The van der Waals surface area contributed by atoms with E-state index < -0.39 is 0 Å². The van der Waals surface area contributed by atoms with Gasteiger partial charge in [0.05, 0.1) is 6.61 Å². The number of fused-ring (bicyclic) bond motifs is 1. The largest absolute Gasteiger partial charge is 0.491 e. The molecular formula is C16H17FN2OS. The Bertz CT molecular complexity index is 625. The van der Waals surface area contributed by atoms with Gasteiger partial charge in [-0.25, -0.2) is 4.39 Å². The van der Waals surface area contributed by atoms with E-state index in [1.807, 2.05) is 31.3 Å². The smallest absolute Gasteiger partial charge is 0.165 e. The van der Waals surface area contributed by atoms with Gasteiger partial charge < -0.3 is 9.64 Å². The zero-order valence-corrected chi connectivity index (χ0v) is 12.7. The van der Waals surface area contributed by atoms with Crippen molar-refractivity contribution in [2.75, 3.05) is 18.9 Å². The Morgan fingerprint density at radius 2 is 2.33 bits per heavy atom. The second-order valence-corrected chi connectivity index (χ2v) is 5.71. The molecule has 110 valence electrons. The van der Waals surface area contributed by atoms with Gasteiger partial charge in [0.1, 0.15) is 5.84 Å². The molecule has 21 heavy (non-hydrogen) atoms. The average molecular weight is 304 g/mol. The topological polar surface area (TPSA) is 24.8 Å². The van der Waals surface area contributed by atoms with Gasteiger partial charge in [-0.15, -0.1) is 0 Å². The molecule has 0 radical (unpaired) electrons. The van der Waals surface area contributed by atoms with Gasteiger partial charge in [0.25, 0.3) is 0 Å². The summed E-state index contributed by atoms with van der Waals surface area (Å²) in [6, 6.07) is 5.11. The van der Waals surface area contributed by atoms with Gasteiger partial charge in [-0.1, -0.05) is 13.0 Å². The predicted octanol–water partition coefficient (Wildman–Crippen LogP) is 3.89. The molecule has 0 unspecified atom stereocenters. The van der Waals surface area contributed by atoms with Gasteiger partial charge >= 0.3 is 0 Å². The highest BCUT2D eigenvalue weighted by Crippen LogP contribution is 2.29. The van der Waals surface area contributed by atoms with Crippen LogP contribution in [-0.4, -0.2) is 29.6 Å². The van der Waals surface area contributed by atoms with Crippen LogP contribution < -0.4 is 4.74 Å². The van der Waals surface area contributed by atoms with E-state index in [1.54, 1.807) is 18.0 Å². The van der Waals surface area contributed by atoms with Crippen LogP contribution in [0, 0.1) is 5.82 Å². The van der Waals surface area contributed by atoms with Gasteiger partial charge in [-0.3, -0.25) is 0 Å². The van der Waals surface area contributed by atoms with Crippen molar-refractivity contribution < 1.29 is 9.13 Å². The third-order valence-electron chi connectivity index (χ3n) is 3.32. The quantitative estimate of drug-likeness (QED) is 0.789. The minimum absolute atomic E-state index is 0.310. The lowest BCUT2D eigenvalue weighted by Crippen LogP contribution is -2.32. The Labute approximate surface area is 128 Å². The molecule has 0 N–H and O–H groups in total. The SMILES string of the molecule is CCCOc1ccc(C2=CC=CN3CCSN=C23)cc1F. The first-order valence-electron chi connectivity index (χ1n) is 7.08. The second kappa shape index (κ2) is 6.35. The minimum atomic E-state index is -0.327. The lowest BCUT2D eigenvalue weighted by atomic mass is 10.0. The maximum atomic E-state index is 14.1. The number of benzene rings is 1. The van der Waals surface area contributed by atoms with E-state index in [2.05, 4.69) is 9.30 Å². The van der Waals surface area contributed by atoms with E-state index in [0.29, 0.717) is 12.4 Å². The first kappa shape index (κ1) is 14.2. The molecule has 5 heteroatoms. The number of nitrogens with zero attached hydrogens (tertiary/aromatic N) is 2. The Kier molecular flexibility index (Phi) is 4.29. The fourth-order valence-corrected chi connectivity index (χ4v) is 2.99. The Morgan fingerprint density at radius 1 is 1.43 bits per heavy atom. The molecule has 2 aliphatic rings. The van der Waals surface area contributed by atoms with Crippen molar-refractivity contribution in [3.8, 4) is 5.75 Å². The highest BCUT2D eigenvalue weighted by Gasteiger charge is 2.22. The standard InChI is InChI=1S/C16H17FN2OS/c1-2-9-20-15-6-5-12(11-14(15)17)13-4-3-7-19-8-10-21-18-16(13)19/h3-7,11H,2,8-10H2,1H3. The van der Waals surface area contributed by atoms with Crippen molar-refractivity contribution in [2.45, 2.75) is 13.3 Å². The Balaban J connectivity index is 1.90. The van der Waals surface area contributed by atoms with Crippen LogP contribution in [0.2, 0.25) is 0 Å². The van der Waals surface area contributed by atoms with Crippen molar-refractivity contribution in [3.05, 3.63) is 47.9 Å². The van der Waals surface area contributed by atoms with E-state index in [0.717, 1.165) is 35.7 Å². The third-order valence-corrected chi connectivity index (χ3v) is 3.99. The highest BCUT2D eigenvalue weighted by molar-refractivity contribution is 7.98. The van der Waals surface area contributed by atoms with Crippen LogP contribution in [0.4, 0.5) is 4.39 Å². The highest BCUT2D eigenvalue weighted by atomic mass is 32.2. The fraction of sp³-hybridized carbons (Fsp3) is 0.312. The van der Waals surface area contributed by atoms with Crippen molar-refractivity contribution in [2.24, 2.45) is 4.40 Å². The minimum Gasteiger partial charge on any atom is -0.491 e. The number of hydrogen-bond donors (Lipinski definition) is 0. The van der Waals surface area contributed by atoms with Gasteiger partial charge in [0.2, 0.25) is 0 Å². The van der Waals surface area contributed by atoms with Crippen LogP contribution >= 0.6 is 11.9 Å². The molecule has 3 rings (SSSR count). The molecular weight excluding hydrogens is 287 g/mol. The predicted molar refractivity (Wildman–Crippen MR) is 85.9 cm³/mol. The lowest BCUT2D eigenvalue weighted by Gasteiger charge is -2.29. The number of hydrogen-bond acceptors (Lipinski definition) is 4. The van der Waals surface area contributed by atoms with E-state index in [1.165, 1.54) is 6.07 Å². The average Bonchev–Trinajstić information content (AvgIpc) is 2.53. The van der Waals surface area contributed by atoms with Gasteiger partial charge in [0, 0.05) is 24.1 Å². The van der Waals surface area contributed by atoms with Crippen molar-refractivity contribution in [1.29, 1.82) is 0 Å². The summed E-state index contributed by atoms with van der Waals surface area (Å²) >= 11 is 1.55. The molecule has 1 aromatic carbocycles. The van der Waals surface area contributed by atoms with E-state index in [4.69, 9.17) is 4.74 Å². The number of amidine groups is 1. The second-order valence-electron chi connectivity index (χ2n) is 4.86. The molecule has 2 heterocycles. The fourth-order valence-electron chi connectivity index (χ4n) is 2.29. The summed E-state index contributed by atoms with van der Waals surface area (Å²) < 4.78 is 24.0. The zero-order valence-electron chi connectivity index (χ0n) is 11.9. The third kappa shape index (κ3) is 2.97. The molecule has 0 amide bonds. The zero-order chi connectivity index (χ0) is 14.7. The molecule has 0 fully saturated rings. The number of halogens is 1. The molecule has 2 aliphatic heterocycles. The van der Waals surface area contributed by atoms with Crippen LogP contribution in [0.3, 0.4) is 0 Å². The molecule has 0 atom stereocenters. The maximum absolute atomic E-state index is 14.1. The summed E-state index contributed by atoms with van der Waals surface area (Å²) in [4.78, 5) is 2.10. The first-order valence-corrected chi connectivity index (χ1v) is 8.02. The maximum Gasteiger partial charge on any atom is 0.165 e. The van der Waals surface area contributed by atoms with Crippen molar-refractivity contribution >= 4 is 23.4 Å². The van der Waals surface area contributed by atoms with Crippen LogP contribution in [0.15, 0.2) is 40.9 Å². The Morgan fingerprint density at radius 3 is 3.14 bits per heavy atom.